The highest BCUT2D eigenvalue weighted by atomic mass is 19.4. The van der Waals surface area contributed by atoms with Crippen molar-refractivity contribution in [1.29, 1.82) is 0 Å². The molecule has 0 radical (unpaired) electrons. The Morgan fingerprint density at radius 1 is 1.10 bits per heavy atom. The zero-order valence-electron chi connectivity index (χ0n) is 11.1. The molecule has 2 bridgehead atoms. The van der Waals surface area contributed by atoms with Gasteiger partial charge < -0.3 is 15.6 Å². The van der Waals surface area contributed by atoms with Gasteiger partial charge in [0.2, 0.25) is 0 Å². The highest BCUT2D eigenvalue weighted by Crippen LogP contribution is 2.51. The van der Waals surface area contributed by atoms with Crippen molar-refractivity contribution in [3.63, 3.8) is 0 Å². The first-order valence-electron chi connectivity index (χ1n) is 6.22. The van der Waals surface area contributed by atoms with Crippen LogP contribution in [0.5, 0.6) is 0 Å². The molecule has 0 atom stereocenters. The summed E-state index contributed by atoms with van der Waals surface area (Å²) < 4.78 is 36.6. The third-order valence-corrected chi connectivity index (χ3v) is 4.17. The zero-order chi connectivity index (χ0) is 15.6. The highest BCUT2D eigenvalue weighted by molar-refractivity contribution is 5.77. The molecule has 3 aliphatic carbocycles. The number of carbonyl (C=O) groups is 2. The molecule has 5 nitrogen and oxygen atoms in total. The lowest BCUT2D eigenvalue weighted by Crippen LogP contribution is -2.54. The minimum atomic E-state index is -5.08. The van der Waals surface area contributed by atoms with Crippen LogP contribution < -0.4 is 5.73 Å². The van der Waals surface area contributed by atoms with Crippen LogP contribution in [0.4, 0.5) is 13.2 Å². The molecule has 3 rings (SSSR count). The van der Waals surface area contributed by atoms with Gasteiger partial charge in [-0.3, -0.25) is 4.79 Å². The Balaban J connectivity index is 0.000000246. The van der Waals surface area contributed by atoms with Gasteiger partial charge in [-0.05, 0) is 38.5 Å². The van der Waals surface area contributed by atoms with E-state index in [9.17, 15) is 18.0 Å². The van der Waals surface area contributed by atoms with Crippen molar-refractivity contribution < 1.29 is 32.6 Å². The van der Waals surface area contributed by atoms with Crippen LogP contribution in [0.1, 0.15) is 38.5 Å². The summed E-state index contributed by atoms with van der Waals surface area (Å²) in [6.07, 6.45) is 0.662. The molecular formula is C12H18F3NO4. The summed E-state index contributed by atoms with van der Waals surface area (Å²) in [5.74, 6) is -2.78. The normalized spacial score (nSPS) is 32.0. The van der Waals surface area contributed by atoms with Gasteiger partial charge in [-0.2, -0.15) is 13.2 Å². The first kappa shape index (κ1) is 16.7. The minimum Gasteiger partial charge on any atom is -0.475 e. The number of fused-ring (bicyclic) bond motifs is 3. The number of alkyl halides is 3. The Morgan fingerprint density at radius 3 is 1.70 bits per heavy atom. The lowest BCUT2D eigenvalue weighted by molar-refractivity contribution is -0.192. The van der Waals surface area contributed by atoms with Crippen molar-refractivity contribution in [2.75, 3.05) is 7.11 Å². The number of carboxylic acids is 1. The zero-order valence-corrected chi connectivity index (χ0v) is 11.1. The van der Waals surface area contributed by atoms with Gasteiger partial charge in [0, 0.05) is 5.54 Å². The number of nitrogens with two attached hydrogens (primary N) is 1. The second-order valence-corrected chi connectivity index (χ2v) is 5.44. The maximum Gasteiger partial charge on any atom is 0.490 e. The molecule has 3 fully saturated rings. The van der Waals surface area contributed by atoms with Crippen LogP contribution in [0, 0.1) is 5.41 Å². The van der Waals surface area contributed by atoms with E-state index in [0.717, 1.165) is 38.5 Å². The first-order chi connectivity index (χ1) is 9.05. The summed E-state index contributed by atoms with van der Waals surface area (Å²) >= 11 is 0. The number of rotatable bonds is 1. The molecule has 0 aliphatic heterocycles. The van der Waals surface area contributed by atoms with Gasteiger partial charge in [0.25, 0.3) is 0 Å². The Morgan fingerprint density at radius 2 is 1.45 bits per heavy atom. The SMILES string of the molecule is COC(=O)C12CCC(N)(CC1)CC2.O=C(O)C(F)(F)F. The van der Waals surface area contributed by atoms with E-state index < -0.39 is 12.1 Å². The lowest BCUT2D eigenvalue weighted by atomic mass is 9.57. The van der Waals surface area contributed by atoms with Gasteiger partial charge in [0.15, 0.2) is 0 Å². The van der Waals surface area contributed by atoms with Crippen molar-refractivity contribution in [2.45, 2.75) is 50.2 Å². The fraction of sp³-hybridized carbons (Fsp3) is 0.833. The molecule has 0 aromatic heterocycles. The average molecular weight is 297 g/mol. The number of hydrogen-bond donors (Lipinski definition) is 2. The summed E-state index contributed by atoms with van der Waals surface area (Å²) in [6, 6.07) is 0. The third kappa shape index (κ3) is 3.62. The van der Waals surface area contributed by atoms with Crippen LogP contribution in [0.3, 0.4) is 0 Å². The van der Waals surface area contributed by atoms with Gasteiger partial charge in [0.05, 0.1) is 12.5 Å². The molecule has 3 aliphatic rings. The number of esters is 1. The van der Waals surface area contributed by atoms with E-state index in [1.165, 1.54) is 7.11 Å². The summed E-state index contributed by atoms with van der Waals surface area (Å²) in [6.45, 7) is 0. The van der Waals surface area contributed by atoms with Gasteiger partial charge >= 0.3 is 18.1 Å². The number of halogens is 3. The number of carbonyl (C=O) groups excluding carboxylic acids is 1. The van der Waals surface area contributed by atoms with E-state index in [2.05, 4.69) is 0 Å². The van der Waals surface area contributed by atoms with Gasteiger partial charge in [-0.15, -0.1) is 0 Å². The van der Waals surface area contributed by atoms with Crippen molar-refractivity contribution in [3.8, 4) is 0 Å². The number of hydrogen-bond acceptors (Lipinski definition) is 4. The summed E-state index contributed by atoms with van der Waals surface area (Å²) in [5, 5.41) is 7.12. The fourth-order valence-corrected chi connectivity index (χ4v) is 2.74. The number of carboxylic acid groups (broad SMARTS) is 1. The quantitative estimate of drug-likeness (QED) is 0.721. The summed E-state index contributed by atoms with van der Waals surface area (Å²) in [4.78, 5) is 20.5. The second kappa shape index (κ2) is 5.59. The molecule has 0 heterocycles. The van der Waals surface area contributed by atoms with Crippen molar-refractivity contribution in [2.24, 2.45) is 11.1 Å². The Hall–Kier alpha value is -1.31. The molecule has 3 N–H and O–H groups in total. The van der Waals surface area contributed by atoms with Gasteiger partial charge in [-0.1, -0.05) is 0 Å². The Labute approximate surface area is 114 Å². The molecule has 0 spiro atoms. The highest BCUT2D eigenvalue weighted by Gasteiger charge is 2.51. The van der Waals surface area contributed by atoms with E-state index in [1.54, 1.807) is 0 Å². The van der Waals surface area contributed by atoms with Crippen molar-refractivity contribution in [3.05, 3.63) is 0 Å². The predicted octanol–water partition coefficient (Wildman–Crippen LogP) is 1.84. The molecule has 0 amide bonds. The molecule has 20 heavy (non-hydrogen) atoms. The van der Waals surface area contributed by atoms with Crippen LogP contribution in [0.15, 0.2) is 0 Å². The molecule has 0 saturated heterocycles. The van der Waals surface area contributed by atoms with Crippen LogP contribution in [-0.2, 0) is 14.3 Å². The van der Waals surface area contributed by atoms with Crippen LogP contribution in [0.25, 0.3) is 0 Å². The third-order valence-electron chi connectivity index (χ3n) is 4.17. The predicted molar refractivity (Wildman–Crippen MR) is 62.8 cm³/mol. The van der Waals surface area contributed by atoms with Gasteiger partial charge in [0.1, 0.15) is 0 Å². The molecule has 0 unspecified atom stereocenters. The maximum absolute atomic E-state index is 11.6. The fourth-order valence-electron chi connectivity index (χ4n) is 2.74. The van der Waals surface area contributed by atoms with E-state index in [-0.39, 0.29) is 16.9 Å². The summed E-state index contributed by atoms with van der Waals surface area (Å²) in [7, 11) is 1.48. The molecule has 0 aromatic carbocycles. The monoisotopic (exact) mass is 297 g/mol. The molecule has 0 aromatic rings. The molecular weight excluding hydrogens is 279 g/mol. The number of methoxy groups -OCH3 is 1. The Kier molecular flexibility index (Phi) is 4.68. The van der Waals surface area contributed by atoms with Crippen LogP contribution in [-0.4, -0.2) is 35.9 Å². The minimum absolute atomic E-state index is 0.0192. The second-order valence-electron chi connectivity index (χ2n) is 5.44. The number of ether oxygens (including phenoxy) is 1. The topological polar surface area (TPSA) is 89.6 Å². The van der Waals surface area contributed by atoms with E-state index in [4.69, 9.17) is 20.4 Å². The average Bonchev–Trinajstić information content (AvgIpc) is 2.38. The number of aliphatic carboxylic acids is 1. The van der Waals surface area contributed by atoms with Crippen LogP contribution in [0.2, 0.25) is 0 Å². The molecule has 8 heteroatoms. The summed E-state index contributed by atoms with van der Waals surface area (Å²) in [5.41, 5.74) is 6.01. The van der Waals surface area contributed by atoms with Crippen molar-refractivity contribution >= 4 is 11.9 Å². The van der Waals surface area contributed by atoms with Gasteiger partial charge in [-0.25, -0.2) is 4.79 Å². The van der Waals surface area contributed by atoms with E-state index in [0.29, 0.717) is 0 Å². The largest absolute Gasteiger partial charge is 0.490 e. The molecule has 116 valence electrons. The smallest absolute Gasteiger partial charge is 0.475 e. The van der Waals surface area contributed by atoms with Crippen molar-refractivity contribution in [1.82, 2.24) is 0 Å². The maximum atomic E-state index is 11.6. The van der Waals surface area contributed by atoms with E-state index in [1.807, 2.05) is 0 Å². The first-order valence-corrected chi connectivity index (χ1v) is 6.22. The lowest BCUT2D eigenvalue weighted by Gasteiger charge is -2.49. The van der Waals surface area contributed by atoms with Crippen LogP contribution >= 0.6 is 0 Å². The standard InChI is InChI=1S/C10H17NO2.C2HF3O2/c1-13-8(12)9-2-5-10(11,6-3-9)7-4-9;3-2(4,5)1(6)7/h2-7,11H2,1H3;(H,6,7). The van der Waals surface area contributed by atoms with E-state index >= 15 is 0 Å². The molecule has 3 saturated carbocycles. The Bertz CT molecular complexity index is 370.